The van der Waals surface area contributed by atoms with Gasteiger partial charge in [0.2, 0.25) is 11.1 Å². The van der Waals surface area contributed by atoms with Crippen molar-refractivity contribution in [1.29, 1.82) is 0 Å². The van der Waals surface area contributed by atoms with Crippen molar-refractivity contribution < 1.29 is 4.79 Å². The van der Waals surface area contributed by atoms with Crippen LogP contribution in [0.4, 0.5) is 0 Å². The number of amides is 1. The molecule has 0 aliphatic heterocycles. The molecule has 1 aliphatic rings. The number of thioether (sulfide) groups is 1. The van der Waals surface area contributed by atoms with Crippen molar-refractivity contribution in [2.24, 2.45) is 0 Å². The third-order valence-corrected chi connectivity index (χ3v) is 3.48. The number of H-pyrrole nitrogens is 1. The maximum absolute atomic E-state index is 11.6. The second kappa shape index (κ2) is 5.34. The van der Waals surface area contributed by atoms with Gasteiger partial charge >= 0.3 is 0 Å². The molecular formula is C10H16N4OS. The lowest BCUT2D eigenvalue weighted by molar-refractivity contribution is -0.119. The van der Waals surface area contributed by atoms with Crippen LogP contribution in [-0.2, 0) is 4.79 Å². The van der Waals surface area contributed by atoms with Crippen LogP contribution in [0.25, 0.3) is 0 Å². The van der Waals surface area contributed by atoms with Crippen LogP contribution in [-0.4, -0.2) is 32.9 Å². The van der Waals surface area contributed by atoms with E-state index in [9.17, 15) is 4.79 Å². The van der Waals surface area contributed by atoms with Crippen molar-refractivity contribution in [3.8, 4) is 0 Å². The third kappa shape index (κ3) is 3.23. The molecule has 0 unspecified atom stereocenters. The smallest absolute Gasteiger partial charge is 0.230 e. The maximum Gasteiger partial charge on any atom is 0.230 e. The zero-order valence-electron chi connectivity index (χ0n) is 9.32. The quantitative estimate of drug-likeness (QED) is 0.777. The van der Waals surface area contributed by atoms with E-state index in [4.69, 9.17) is 0 Å². The molecule has 1 heterocycles. The number of nitrogens with zero attached hydrogens (tertiary/aromatic N) is 2. The first-order valence-corrected chi connectivity index (χ1v) is 6.54. The number of hydrogen-bond donors (Lipinski definition) is 2. The molecule has 16 heavy (non-hydrogen) atoms. The fourth-order valence-electron chi connectivity index (χ4n) is 1.86. The molecule has 1 saturated carbocycles. The zero-order chi connectivity index (χ0) is 11.4. The molecule has 0 radical (unpaired) electrons. The van der Waals surface area contributed by atoms with E-state index in [1.807, 2.05) is 6.92 Å². The summed E-state index contributed by atoms with van der Waals surface area (Å²) in [5.41, 5.74) is 0. The standard InChI is InChI=1S/C10H16N4OS/c1-7-11-10(14-13-7)16-6-9(15)12-8-4-2-3-5-8/h8H,2-6H2,1H3,(H,12,15)(H,11,13,14). The lowest BCUT2D eigenvalue weighted by Crippen LogP contribution is -2.33. The number of nitrogens with one attached hydrogen (secondary N) is 2. The number of hydrogen-bond acceptors (Lipinski definition) is 4. The summed E-state index contributed by atoms with van der Waals surface area (Å²) in [6.07, 6.45) is 4.71. The van der Waals surface area contributed by atoms with Crippen LogP contribution in [0.3, 0.4) is 0 Å². The first-order valence-electron chi connectivity index (χ1n) is 5.55. The van der Waals surface area contributed by atoms with Crippen LogP contribution in [0, 0.1) is 6.92 Å². The number of aromatic nitrogens is 3. The topological polar surface area (TPSA) is 70.7 Å². The van der Waals surface area contributed by atoms with Crippen LogP contribution in [0.15, 0.2) is 5.16 Å². The molecule has 1 aliphatic carbocycles. The highest BCUT2D eigenvalue weighted by Gasteiger charge is 2.17. The number of carbonyl (C=O) groups excluding carboxylic acids is 1. The lowest BCUT2D eigenvalue weighted by Gasteiger charge is -2.10. The summed E-state index contributed by atoms with van der Waals surface area (Å²) in [6.45, 7) is 1.84. The summed E-state index contributed by atoms with van der Waals surface area (Å²) >= 11 is 1.37. The van der Waals surface area contributed by atoms with Crippen molar-refractivity contribution in [2.45, 2.75) is 43.8 Å². The molecule has 1 aromatic heterocycles. The van der Waals surface area contributed by atoms with Gasteiger partial charge in [0.15, 0.2) is 0 Å². The number of aryl methyl sites for hydroxylation is 1. The summed E-state index contributed by atoms with van der Waals surface area (Å²) in [6, 6.07) is 0.391. The molecule has 1 amide bonds. The Morgan fingerprint density at radius 3 is 2.94 bits per heavy atom. The Kier molecular flexibility index (Phi) is 3.82. The van der Waals surface area contributed by atoms with Crippen LogP contribution in [0.1, 0.15) is 31.5 Å². The van der Waals surface area contributed by atoms with Crippen molar-refractivity contribution in [1.82, 2.24) is 20.5 Å². The highest BCUT2D eigenvalue weighted by atomic mass is 32.2. The molecule has 0 saturated heterocycles. The van der Waals surface area contributed by atoms with Gasteiger partial charge < -0.3 is 5.32 Å². The fraction of sp³-hybridized carbons (Fsp3) is 0.700. The van der Waals surface area contributed by atoms with Gasteiger partial charge in [0.1, 0.15) is 5.82 Å². The molecule has 0 bridgehead atoms. The average Bonchev–Trinajstić information content (AvgIpc) is 2.87. The third-order valence-electron chi connectivity index (χ3n) is 2.63. The first-order chi connectivity index (χ1) is 7.74. The minimum Gasteiger partial charge on any atom is -0.353 e. The highest BCUT2D eigenvalue weighted by molar-refractivity contribution is 7.99. The van der Waals surface area contributed by atoms with Gasteiger partial charge in [0, 0.05) is 6.04 Å². The van der Waals surface area contributed by atoms with E-state index in [-0.39, 0.29) is 5.91 Å². The molecule has 2 rings (SSSR count). The molecule has 0 aromatic carbocycles. The van der Waals surface area contributed by atoms with Gasteiger partial charge in [0.05, 0.1) is 5.75 Å². The van der Waals surface area contributed by atoms with Gasteiger partial charge in [-0.15, -0.1) is 5.10 Å². The largest absolute Gasteiger partial charge is 0.353 e. The lowest BCUT2D eigenvalue weighted by atomic mass is 10.2. The van der Waals surface area contributed by atoms with Gasteiger partial charge in [0.25, 0.3) is 0 Å². The van der Waals surface area contributed by atoms with Crippen LogP contribution in [0.2, 0.25) is 0 Å². The van der Waals surface area contributed by atoms with E-state index in [0.29, 0.717) is 17.0 Å². The van der Waals surface area contributed by atoms with Crippen molar-refractivity contribution in [3.05, 3.63) is 5.82 Å². The molecule has 0 atom stereocenters. The Hall–Kier alpha value is -1.04. The molecule has 6 heteroatoms. The predicted octanol–water partition coefficient (Wildman–Crippen LogP) is 1.26. The summed E-state index contributed by atoms with van der Waals surface area (Å²) in [4.78, 5) is 15.7. The molecular weight excluding hydrogens is 224 g/mol. The van der Waals surface area contributed by atoms with E-state index in [2.05, 4.69) is 20.5 Å². The van der Waals surface area contributed by atoms with E-state index in [0.717, 1.165) is 18.7 Å². The SMILES string of the molecule is Cc1nc(SCC(=O)NC2CCCC2)n[nH]1. The molecule has 5 nitrogen and oxygen atoms in total. The Balaban J connectivity index is 1.71. The first kappa shape index (κ1) is 11.4. The zero-order valence-corrected chi connectivity index (χ0v) is 10.1. The Morgan fingerprint density at radius 1 is 1.56 bits per heavy atom. The minimum absolute atomic E-state index is 0.0827. The number of aromatic amines is 1. The summed E-state index contributed by atoms with van der Waals surface area (Å²) in [5, 5.41) is 10.4. The van der Waals surface area contributed by atoms with Crippen molar-refractivity contribution in [3.63, 3.8) is 0 Å². The van der Waals surface area contributed by atoms with Gasteiger partial charge in [-0.1, -0.05) is 24.6 Å². The van der Waals surface area contributed by atoms with E-state index >= 15 is 0 Å². The monoisotopic (exact) mass is 240 g/mol. The average molecular weight is 240 g/mol. The van der Waals surface area contributed by atoms with Gasteiger partial charge in [-0.25, -0.2) is 4.98 Å². The van der Waals surface area contributed by atoms with Gasteiger partial charge in [-0.2, -0.15) is 0 Å². The fourth-order valence-corrected chi connectivity index (χ4v) is 2.51. The second-order valence-electron chi connectivity index (χ2n) is 4.04. The number of rotatable bonds is 4. The summed E-state index contributed by atoms with van der Waals surface area (Å²) in [7, 11) is 0. The maximum atomic E-state index is 11.6. The highest BCUT2D eigenvalue weighted by Crippen LogP contribution is 2.18. The van der Waals surface area contributed by atoms with Crippen LogP contribution in [0.5, 0.6) is 0 Å². The summed E-state index contributed by atoms with van der Waals surface area (Å²) in [5.74, 6) is 1.26. The Labute approximate surface area is 98.8 Å². The Bertz CT molecular complexity index is 359. The van der Waals surface area contributed by atoms with Crippen LogP contribution < -0.4 is 5.32 Å². The van der Waals surface area contributed by atoms with Crippen molar-refractivity contribution in [2.75, 3.05) is 5.75 Å². The van der Waals surface area contributed by atoms with Crippen LogP contribution >= 0.6 is 11.8 Å². The molecule has 1 aromatic rings. The van der Waals surface area contributed by atoms with E-state index in [1.54, 1.807) is 0 Å². The number of carbonyl (C=O) groups is 1. The summed E-state index contributed by atoms with van der Waals surface area (Å²) < 4.78 is 0. The normalized spacial score (nSPS) is 16.6. The van der Waals surface area contributed by atoms with E-state index in [1.165, 1.54) is 24.6 Å². The molecule has 0 spiro atoms. The molecule has 2 N–H and O–H groups in total. The second-order valence-corrected chi connectivity index (χ2v) is 4.98. The molecule has 1 fully saturated rings. The van der Waals surface area contributed by atoms with E-state index < -0.39 is 0 Å². The molecule has 88 valence electrons. The minimum atomic E-state index is 0.0827. The van der Waals surface area contributed by atoms with Gasteiger partial charge in [-0.3, -0.25) is 9.89 Å². The van der Waals surface area contributed by atoms with Gasteiger partial charge in [-0.05, 0) is 19.8 Å². The van der Waals surface area contributed by atoms with Crippen molar-refractivity contribution >= 4 is 17.7 Å². The predicted molar refractivity (Wildman–Crippen MR) is 62.2 cm³/mol. The Morgan fingerprint density at radius 2 is 2.31 bits per heavy atom.